The Morgan fingerprint density at radius 1 is 1.32 bits per heavy atom. The number of methoxy groups -OCH3 is 1. The maximum Gasteiger partial charge on any atom is 0.341 e. The largest absolute Gasteiger partial charge is 0.465 e. The van der Waals surface area contributed by atoms with Crippen LogP contribution in [-0.2, 0) is 17.6 Å². The van der Waals surface area contributed by atoms with E-state index in [1.165, 1.54) is 16.9 Å². The van der Waals surface area contributed by atoms with Gasteiger partial charge in [-0.25, -0.2) is 4.79 Å². The summed E-state index contributed by atoms with van der Waals surface area (Å²) in [5.41, 5.74) is 1.78. The van der Waals surface area contributed by atoms with Crippen LogP contribution in [0.3, 0.4) is 0 Å². The molecule has 132 valence electrons. The molecule has 4 nitrogen and oxygen atoms in total. The predicted molar refractivity (Wildman–Crippen MR) is 109 cm³/mol. The molecule has 0 unspecified atom stereocenters. The Morgan fingerprint density at radius 2 is 2.12 bits per heavy atom. The number of hydrogen-bond acceptors (Lipinski definition) is 5. The normalized spacial score (nSPS) is 12.5. The number of anilines is 1. The van der Waals surface area contributed by atoms with Gasteiger partial charge in [0.05, 0.1) is 12.7 Å². The Morgan fingerprint density at radius 3 is 2.88 bits per heavy atom. The Balaban J connectivity index is 1.54. The van der Waals surface area contributed by atoms with Crippen molar-refractivity contribution in [3.05, 3.63) is 46.3 Å². The van der Waals surface area contributed by atoms with E-state index in [0.717, 1.165) is 42.1 Å². The van der Waals surface area contributed by atoms with Gasteiger partial charge in [0.1, 0.15) is 5.00 Å². The number of ether oxygens (including phenoxy) is 1. The quantitative estimate of drug-likeness (QED) is 0.334. The molecular weight excluding hydrogens is 372 g/mol. The third-order valence-corrected chi connectivity index (χ3v) is 6.40. The number of carbonyl (C=O) groups is 1. The molecule has 3 rings (SSSR count). The molecule has 0 fully saturated rings. The van der Waals surface area contributed by atoms with Gasteiger partial charge >= 0.3 is 5.97 Å². The lowest BCUT2D eigenvalue weighted by Gasteiger charge is -2.11. The van der Waals surface area contributed by atoms with Crippen LogP contribution in [0, 0.1) is 0 Å². The lowest BCUT2D eigenvalue weighted by molar-refractivity contribution is 0.0601. The number of thiophene rings is 1. The number of thiocarbonyl (C=S) groups is 1. The van der Waals surface area contributed by atoms with Crippen LogP contribution in [-0.4, -0.2) is 30.5 Å². The molecule has 0 spiro atoms. The van der Waals surface area contributed by atoms with E-state index >= 15 is 0 Å². The van der Waals surface area contributed by atoms with Gasteiger partial charge < -0.3 is 15.4 Å². The number of nitrogens with one attached hydrogen (secondary N) is 2. The van der Waals surface area contributed by atoms with Crippen LogP contribution in [0.15, 0.2) is 35.2 Å². The SMILES string of the molecule is COC(=O)c1c(NC(=S)NCCSc2ccccc2)sc2c1CCC2. The number of fused-ring (bicyclic) bond motifs is 1. The molecule has 0 atom stereocenters. The molecule has 1 aliphatic rings. The minimum atomic E-state index is -0.288. The Hall–Kier alpha value is -1.57. The first kappa shape index (κ1) is 18.2. The lowest BCUT2D eigenvalue weighted by atomic mass is 10.1. The lowest BCUT2D eigenvalue weighted by Crippen LogP contribution is -2.30. The molecular formula is C18H20N2O2S3. The van der Waals surface area contributed by atoms with Gasteiger partial charge in [-0.3, -0.25) is 0 Å². The monoisotopic (exact) mass is 392 g/mol. The molecule has 0 aliphatic heterocycles. The number of aryl methyl sites for hydroxylation is 1. The number of rotatable bonds is 6. The van der Waals surface area contributed by atoms with E-state index < -0.39 is 0 Å². The topological polar surface area (TPSA) is 50.4 Å². The van der Waals surface area contributed by atoms with Crippen LogP contribution < -0.4 is 10.6 Å². The van der Waals surface area contributed by atoms with Gasteiger partial charge in [0.15, 0.2) is 5.11 Å². The summed E-state index contributed by atoms with van der Waals surface area (Å²) in [6.07, 6.45) is 3.07. The Kier molecular flexibility index (Phi) is 6.34. The van der Waals surface area contributed by atoms with Crippen molar-refractivity contribution < 1.29 is 9.53 Å². The highest BCUT2D eigenvalue weighted by molar-refractivity contribution is 7.99. The summed E-state index contributed by atoms with van der Waals surface area (Å²) in [4.78, 5) is 14.6. The zero-order chi connectivity index (χ0) is 17.6. The van der Waals surface area contributed by atoms with Crippen molar-refractivity contribution in [3.8, 4) is 0 Å². The second kappa shape index (κ2) is 8.69. The first-order valence-electron chi connectivity index (χ1n) is 8.14. The molecule has 0 amide bonds. The third-order valence-electron chi connectivity index (χ3n) is 3.94. The van der Waals surface area contributed by atoms with Crippen molar-refractivity contribution in [1.29, 1.82) is 0 Å². The summed E-state index contributed by atoms with van der Waals surface area (Å²) in [5.74, 6) is 0.626. The summed E-state index contributed by atoms with van der Waals surface area (Å²) in [7, 11) is 1.42. The second-order valence-electron chi connectivity index (χ2n) is 5.60. The molecule has 0 saturated carbocycles. The van der Waals surface area contributed by atoms with E-state index in [4.69, 9.17) is 17.0 Å². The van der Waals surface area contributed by atoms with Gasteiger partial charge in [0.25, 0.3) is 0 Å². The molecule has 2 N–H and O–H groups in total. The molecule has 2 aromatic rings. The number of hydrogen-bond donors (Lipinski definition) is 2. The fourth-order valence-electron chi connectivity index (χ4n) is 2.81. The van der Waals surface area contributed by atoms with Crippen LogP contribution in [0.1, 0.15) is 27.2 Å². The van der Waals surface area contributed by atoms with Crippen LogP contribution in [0.4, 0.5) is 5.00 Å². The summed E-state index contributed by atoms with van der Waals surface area (Å²) < 4.78 is 4.95. The van der Waals surface area contributed by atoms with Crippen molar-refractivity contribution >= 4 is 51.4 Å². The third kappa shape index (κ3) is 4.54. The van der Waals surface area contributed by atoms with Crippen molar-refractivity contribution in [3.63, 3.8) is 0 Å². The molecule has 1 aromatic carbocycles. The number of esters is 1. The van der Waals surface area contributed by atoms with Crippen LogP contribution >= 0.6 is 35.3 Å². The smallest absolute Gasteiger partial charge is 0.341 e. The highest BCUT2D eigenvalue weighted by atomic mass is 32.2. The van der Waals surface area contributed by atoms with Gasteiger partial charge in [0.2, 0.25) is 0 Å². The molecule has 1 aliphatic carbocycles. The van der Waals surface area contributed by atoms with Crippen molar-refractivity contribution in [2.75, 3.05) is 24.7 Å². The maximum atomic E-state index is 12.1. The van der Waals surface area contributed by atoms with Gasteiger partial charge in [-0.1, -0.05) is 18.2 Å². The average Bonchev–Trinajstić information content (AvgIpc) is 3.19. The standard InChI is InChI=1S/C18H20N2O2S3/c1-22-17(21)15-13-8-5-9-14(13)25-16(15)20-18(23)19-10-11-24-12-6-3-2-4-7-12/h2-4,6-7H,5,8-11H2,1H3,(H2,19,20,23). The number of thioether (sulfide) groups is 1. The minimum absolute atomic E-state index is 0.288. The van der Waals surface area contributed by atoms with Gasteiger partial charge in [-0.2, -0.15) is 0 Å². The van der Waals surface area contributed by atoms with E-state index in [-0.39, 0.29) is 5.97 Å². The van der Waals surface area contributed by atoms with Crippen molar-refractivity contribution in [2.24, 2.45) is 0 Å². The molecule has 0 bridgehead atoms. The minimum Gasteiger partial charge on any atom is -0.465 e. The van der Waals surface area contributed by atoms with Crippen molar-refractivity contribution in [1.82, 2.24) is 5.32 Å². The molecule has 25 heavy (non-hydrogen) atoms. The van der Waals surface area contributed by atoms with E-state index in [9.17, 15) is 4.79 Å². The number of carbonyl (C=O) groups excluding carboxylic acids is 1. The fraction of sp³-hybridized carbons (Fsp3) is 0.333. The second-order valence-corrected chi connectivity index (χ2v) is 8.28. The maximum absolute atomic E-state index is 12.1. The average molecular weight is 393 g/mol. The van der Waals surface area contributed by atoms with E-state index in [1.807, 2.05) is 18.2 Å². The van der Waals surface area contributed by atoms with E-state index in [1.54, 1.807) is 23.1 Å². The summed E-state index contributed by atoms with van der Waals surface area (Å²) in [6.45, 7) is 0.754. The van der Waals surface area contributed by atoms with Gasteiger partial charge in [-0.05, 0) is 49.2 Å². The predicted octanol–water partition coefficient (Wildman–Crippen LogP) is 4.10. The molecule has 7 heteroatoms. The summed E-state index contributed by atoms with van der Waals surface area (Å²) >= 11 is 8.77. The zero-order valence-corrected chi connectivity index (χ0v) is 16.4. The van der Waals surface area contributed by atoms with E-state index in [2.05, 4.69) is 22.8 Å². The van der Waals surface area contributed by atoms with Crippen molar-refractivity contribution in [2.45, 2.75) is 24.2 Å². The van der Waals surface area contributed by atoms with Crippen LogP contribution in [0.5, 0.6) is 0 Å². The molecule has 0 saturated heterocycles. The first-order valence-corrected chi connectivity index (χ1v) is 10.4. The summed E-state index contributed by atoms with van der Waals surface area (Å²) in [6, 6.07) is 10.3. The highest BCUT2D eigenvalue weighted by Gasteiger charge is 2.27. The molecule has 1 heterocycles. The Bertz CT molecular complexity index is 759. The van der Waals surface area contributed by atoms with Gasteiger partial charge in [-0.15, -0.1) is 23.1 Å². The first-order chi connectivity index (χ1) is 12.2. The highest BCUT2D eigenvalue weighted by Crippen LogP contribution is 2.39. The number of benzene rings is 1. The van der Waals surface area contributed by atoms with Crippen LogP contribution in [0.2, 0.25) is 0 Å². The molecule has 0 radical (unpaired) electrons. The van der Waals surface area contributed by atoms with Gasteiger partial charge in [0, 0.05) is 22.1 Å². The zero-order valence-electron chi connectivity index (χ0n) is 14.0. The summed E-state index contributed by atoms with van der Waals surface area (Å²) in [5, 5.41) is 7.72. The molecule has 1 aromatic heterocycles. The van der Waals surface area contributed by atoms with Crippen LogP contribution in [0.25, 0.3) is 0 Å². The fourth-order valence-corrected chi connectivity index (χ4v) is 5.15. The Labute approximate surface area is 161 Å². The van der Waals surface area contributed by atoms with E-state index in [0.29, 0.717) is 10.7 Å².